The highest BCUT2D eigenvalue weighted by atomic mass is 16.4. The summed E-state index contributed by atoms with van der Waals surface area (Å²) < 4.78 is 0. The molecule has 28 heavy (non-hydrogen) atoms. The number of benzene rings is 1. The number of hydrogen-bond donors (Lipinski definition) is 1. The molecule has 152 valence electrons. The summed E-state index contributed by atoms with van der Waals surface area (Å²) in [5.74, 6) is -0.0428. The van der Waals surface area contributed by atoms with Crippen LogP contribution in [0.1, 0.15) is 73.2 Å². The molecule has 1 aliphatic carbocycles. The van der Waals surface area contributed by atoms with Crippen molar-refractivity contribution in [2.45, 2.75) is 63.3 Å². The smallest absolute Gasteiger partial charge is 0.335 e. The molecular weight excluding hydrogens is 352 g/mol. The summed E-state index contributed by atoms with van der Waals surface area (Å²) in [5.41, 5.74) is 1.47. The van der Waals surface area contributed by atoms with E-state index >= 15 is 0 Å². The number of aromatic carboxylic acids is 1. The lowest BCUT2D eigenvalue weighted by molar-refractivity contribution is -0.138. The molecule has 1 aromatic carbocycles. The molecule has 5 nitrogen and oxygen atoms in total. The zero-order valence-electron chi connectivity index (χ0n) is 16.7. The van der Waals surface area contributed by atoms with E-state index in [1.165, 1.54) is 25.7 Å². The Morgan fingerprint density at radius 3 is 2.18 bits per heavy atom. The number of carboxylic acid groups (broad SMARTS) is 1. The van der Waals surface area contributed by atoms with E-state index in [-0.39, 0.29) is 5.92 Å². The van der Waals surface area contributed by atoms with Crippen LogP contribution in [-0.2, 0) is 4.79 Å². The molecule has 0 bridgehead atoms. The maximum absolute atomic E-state index is 13.1. The molecule has 1 N–H and O–H groups in total. The van der Waals surface area contributed by atoms with Gasteiger partial charge < -0.3 is 14.9 Å². The third-order valence-corrected chi connectivity index (χ3v) is 7.08. The van der Waals surface area contributed by atoms with Gasteiger partial charge in [-0.05, 0) is 69.3 Å². The van der Waals surface area contributed by atoms with Gasteiger partial charge in [-0.15, -0.1) is 0 Å². The predicted octanol–water partition coefficient (Wildman–Crippen LogP) is 3.75. The molecule has 2 saturated heterocycles. The van der Waals surface area contributed by atoms with Crippen LogP contribution in [0.2, 0.25) is 0 Å². The molecule has 1 atom stereocenters. The number of hydrogen-bond acceptors (Lipinski definition) is 3. The van der Waals surface area contributed by atoms with Crippen molar-refractivity contribution in [1.29, 1.82) is 0 Å². The van der Waals surface area contributed by atoms with E-state index in [1.54, 1.807) is 12.1 Å². The van der Waals surface area contributed by atoms with Gasteiger partial charge in [0, 0.05) is 31.0 Å². The van der Waals surface area contributed by atoms with E-state index in [9.17, 15) is 9.59 Å². The second-order valence-corrected chi connectivity index (χ2v) is 8.80. The van der Waals surface area contributed by atoms with E-state index in [1.807, 2.05) is 12.1 Å². The maximum Gasteiger partial charge on any atom is 0.335 e. The topological polar surface area (TPSA) is 60.9 Å². The molecule has 2 aliphatic heterocycles. The summed E-state index contributed by atoms with van der Waals surface area (Å²) in [7, 11) is 0. The third kappa shape index (κ3) is 4.24. The standard InChI is InChI=1S/C23H32N2O3/c26-22(18-11-14-24(15-12-18)21-5-1-2-6-21)25-13-3-4-20(16-25)17-7-9-19(10-8-17)23(27)28/h7-10,18,20-21H,1-6,11-16H2,(H,27,28). The lowest BCUT2D eigenvalue weighted by Crippen LogP contribution is -2.47. The number of carbonyl (C=O) groups is 2. The van der Waals surface area contributed by atoms with Crippen LogP contribution in [0.4, 0.5) is 0 Å². The first-order valence-corrected chi connectivity index (χ1v) is 11.0. The van der Waals surface area contributed by atoms with Crippen molar-refractivity contribution in [2.24, 2.45) is 5.92 Å². The Balaban J connectivity index is 1.32. The molecule has 5 heteroatoms. The Morgan fingerprint density at radius 2 is 1.54 bits per heavy atom. The third-order valence-electron chi connectivity index (χ3n) is 7.08. The fraction of sp³-hybridized carbons (Fsp3) is 0.652. The number of amides is 1. The zero-order chi connectivity index (χ0) is 19.5. The molecule has 2 heterocycles. The monoisotopic (exact) mass is 384 g/mol. The van der Waals surface area contributed by atoms with Gasteiger partial charge in [0.15, 0.2) is 0 Å². The predicted molar refractivity (Wildman–Crippen MR) is 109 cm³/mol. The average molecular weight is 385 g/mol. The summed E-state index contributed by atoms with van der Waals surface area (Å²) in [6.07, 6.45) is 9.51. The van der Waals surface area contributed by atoms with E-state index in [0.29, 0.717) is 17.4 Å². The number of likely N-dealkylation sites (tertiary alicyclic amines) is 2. The van der Waals surface area contributed by atoms with Crippen molar-refractivity contribution >= 4 is 11.9 Å². The fourth-order valence-electron chi connectivity index (χ4n) is 5.39. The molecule has 1 amide bonds. The minimum atomic E-state index is -0.893. The highest BCUT2D eigenvalue weighted by molar-refractivity contribution is 5.87. The molecule has 1 aromatic rings. The van der Waals surface area contributed by atoms with Gasteiger partial charge in [0.1, 0.15) is 0 Å². The summed E-state index contributed by atoms with van der Waals surface area (Å²) in [4.78, 5) is 28.9. The minimum absolute atomic E-state index is 0.186. The molecule has 0 radical (unpaired) electrons. The Morgan fingerprint density at radius 1 is 0.857 bits per heavy atom. The van der Waals surface area contributed by atoms with Crippen LogP contribution < -0.4 is 0 Å². The van der Waals surface area contributed by atoms with Gasteiger partial charge in [-0.1, -0.05) is 25.0 Å². The number of rotatable bonds is 4. The number of carboxylic acids is 1. The van der Waals surface area contributed by atoms with E-state index in [4.69, 9.17) is 5.11 Å². The van der Waals surface area contributed by atoms with Crippen molar-refractivity contribution in [3.63, 3.8) is 0 Å². The van der Waals surface area contributed by atoms with Crippen LogP contribution in [0.5, 0.6) is 0 Å². The first-order valence-electron chi connectivity index (χ1n) is 11.0. The van der Waals surface area contributed by atoms with Crippen molar-refractivity contribution in [3.05, 3.63) is 35.4 Å². The molecule has 0 spiro atoms. The fourth-order valence-corrected chi connectivity index (χ4v) is 5.39. The van der Waals surface area contributed by atoms with Gasteiger partial charge in [-0.2, -0.15) is 0 Å². The van der Waals surface area contributed by atoms with Gasteiger partial charge in [0.2, 0.25) is 5.91 Å². The first-order chi connectivity index (χ1) is 13.6. The van der Waals surface area contributed by atoms with Crippen LogP contribution in [0.3, 0.4) is 0 Å². The lowest BCUT2D eigenvalue weighted by Gasteiger charge is -2.39. The zero-order valence-corrected chi connectivity index (χ0v) is 16.7. The Kier molecular flexibility index (Phi) is 6.00. The highest BCUT2D eigenvalue weighted by Gasteiger charge is 2.33. The number of nitrogens with zero attached hydrogens (tertiary/aromatic N) is 2. The Hall–Kier alpha value is -1.88. The van der Waals surface area contributed by atoms with Gasteiger partial charge in [-0.25, -0.2) is 4.79 Å². The van der Waals surface area contributed by atoms with Crippen molar-refractivity contribution in [2.75, 3.05) is 26.2 Å². The first kappa shape index (κ1) is 19.4. The van der Waals surface area contributed by atoms with Crippen molar-refractivity contribution in [3.8, 4) is 0 Å². The second kappa shape index (κ2) is 8.64. The van der Waals surface area contributed by atoms with Crippen molar-refractivity contribution in [1.82, 2.24) is 9.80 Å². The SMILES string of the molecule is O=C(O)c1ccc(C2CCCN(C(=O)C3CCN(C4CCCC4)CC3)C2)cc1. The summed E-state index contributed by atoms with van der Waals surface area (Å²) >= 11 is 0. The largest absolute Gasteiger partial charge is 0.478 e. The van der Waals surface area contributed by atoms with E-state index in [0.717, 1.165) is 63.5 Å². The van der Waals surface area contributed by atoms with Crippen LogP contribution in [0.25, 0.3) is 0 Å². The summed E-state index contributed by atoms with van der Waals surface area (Å²) in [5, 5.41) is 9.08. The van der Waals surface area contributed by atoms with Gasteiger partial charge in [-0.3, -0.25) is 4.79 Å². The Bertz CT molecular complexity index is 688. The molecule has 1 saturated carbocycles. The summed E-state index contributed by atoms with van der Waals surface area (Å²) in [6.45, 7) is 3.80. The normalized spacial score (nSPS) is 25.1. The van der Waals surface area contributed by atoms with E-state index < -0.39 is 5.97 Å². The van der Waals surface area contributed by atoms with Gasteiger partial charge in [0.25, 0.3) is 0 Å². The number of piperidine rings is 2. The number of carbonyl (C=O) groups excluding carboxylic acids is 1. The molecule has 3 fully saturated rings. The quantitative estimate of drug-likeness (QED) is 0.859. The van der Waals surface area contributed by atoms with Crippen LogP contribution >= 0.6 is 0 Å². The second-order valence-electron chi connectivity index (χ2n) is 8.80. The van der Waals surface area contributed by atoms with Crippen LogP contribution in [0.15, 0.2) is 24.3 Å². The average Bonchev–Trinajstić information content (AvgIpc) is 3.28. The molecule has 4 rings (SSSR count). The summed E-state index contributed by atoms with van der Waals surface area (Å²) in [6, 6.07) is 7.96. The van der Waals surface area contributed by atoms with Crippen LogP contribution in [0, 0.1) is 5.92 Å². The van der Waals surface area contributed by atoms with Crippen LogP contribution in [-0.4, -0.2) is 59.0 Å². The molecule has 3 aliphatic rings. The molecule has 1 unspecified atom stereocenters. The van der Waals surface area contributed by atoms with Gasteiger partial charge in [0.05, 0.1) is 5.56 Å². The molecule has 0 aromatic heterocycles. The molecular formula is C23H32N2O3. The van der Waals surface area contributed by atoms with E-state index in [2.05, 4.69) is 9.80 Å². The Labute approximate surface area is 167 Å². The highest BCUT2D eigenvalue weighted by Crippen LogP contribution is 2.31. The van der Waals surface area contributed by atoms with Gasteiger partial charge >= 0.3 is 5.97 Å². The minimum Gasteiger partial charge on any atom is -0.478 e. The lowest BCUT2D eigenvalue weighted by atomic mass is 9.88. The maximum atomic E-state index is 13.1. The van der Waals surface area contributed by atoms with Crippen molar-refractivity contribution < 1.29 is 14.7 Å².